The third kappa shape index (κ3) is 3.46. The smallest absolute Gasteiger partial charge is 0.407 e. The van der Waals surface area contributed by atoms with Gasteiger partial charge in [-0.3, -0.25) is 0 Å². The summed E-state index contributed by atoms with van der Waals surface area (Å²) in [6.45, 7) is 5.64. The number of nitrogens with one attached hydrogen (secondary N) is 1. The number of hydrogen-bond acceptors (Lipinski definition) is 3. The molecule has 4 heteroatoms. The molecule has 1 amide bonds. The first kappa shape index (κ1) is 12.4. The van der Waals surface area contributed by atoms with Gasteiger partial charge in [0.15, 0.2) is 0 Å². The molecule has 0 saturated heterocycles. The molecule has 1 unspecified atom stereocenters. The van der Waals surface area contributed by atoms with Gasteiger partial charge >= 0.3 is 6.09 Å². The van der Waals surface area contributed by atoms with E-state index in [-0.39, 0.29) is 12.1 Å². The zero-order valence-corrected chi connectivity index (χ0v) is 11.4. The second-order valence-corrected chi connectivity index (χ2v) is 6.46. The molecule has 94 valence electrons. The molecule has 0 aliphatic heterocycles. The Kier molecular flexibility index (Phi) is 3.43. The zero-order valence-electron chi connectivity index (χ0n) is 10.6. The minimum Gasteiger partial charge on any atom is -0.444 e. The predicted octanol–water partition coefficient (Wildman–Crippen LogP) is 3.13. The van der Waals surface area contributed by atoms with E-state index in [1.807, 2.05) is 32.1 Å². The van der Waals surface area contributed by atoms with Crippen LogP contribution in [0.2, 0.25) is 0 Å². The van der Waals surface area contributed by atoms with Crippen molar-refractivity contribution in [1.29, 1.82) is 0 Å². The molecule has 1 N–H and O–H groups in total. The Labute approximate surface area is 106 Å². The highest BCUT2D eigenvalue weighted by Gasteiger charge is 2.23. The maximum absolute atomic E-state index is 11.6. The van der Waals surface area contributed by atoms with E-state index in [0.717, 1.165) is 19.3 Å². The molecule has 1 atom stereocenters. The molecule has 1 aromatic heterocycles. The van der Waals surface area contributed by atoms with Crippen molar-refractivity contribution in [2.45, 2.75) is 51.7 Å². The molecule has 3 nitrogen and oxygen atoms in total. The van der Waals surface area contributed by atoms with Crippen molar-refractivity contribution in [2.24, 2.45) is 0 Å². The summed E-state index contributed by atoms with van der Waals surface area (Å²) in [4.78, 5) is 13.1. The van der Waals surface area contributed by atoms with Crippen LogP contribution in [0, 0.1) is 0 Å². The average molecular weight is 253 g/mol. The van der Waals surface area contributed by atoms with E-state index in [4.69, 9.17) is 4.74 Å². The third-order valence-corrected chi connectivity index (χ3v) is 3.77. The second kappa shape index (κ2) is 4.69. The first-order valence-corrected chi connectivity index (χ1v) is 6.87. The molecule has 0 fully saturated rings. The molecule has 1 aliphatic carbocycles. The lowest BCUT2D eigenvalue weighted by molar-refractivity contribution is 0.0500. The number of fused-ring (bicyclic) bond motifs is 1. The van der Waals surface area contributed by atoms with Gasteiger partial charge in [-0.1, -0.05) is 0 Å². The molecule has 0 radical (unpaired) electrons. The summed E-state index contributed by atoms with van der Waals surface area (Å²) in [6.07, 6.45) is 2.69. The molecule has 1 heterocycles. The fourth-order valence-electron chi connectivity index (χ4n) is 2.04. The maximum Gasteiger partial charge on any atom is 0.407 e. The minimum atomic E-state index is -0.424. The summed E-state index contributed by atoms with van der Waals surface area (Å²) in [7, 11) is 0. The number of ether oxygens (including phenoxy) is 1. The number of thiophene rings is 1. The Balaban J connectivity index is 1.88. The molecular formula is C13H19NO2S. The number of carbonyl (C=O) groups excluding carboxylic acids is 1. The molecule has 0 bridgehead atoms. The van der Waals surface area contributed by atoms with Crippen LogP contribution in [0.3, 0.4) is 0 Å². The van der Waals surface area contributed by atoms with Crippen molar-refractivity contribution in [1.82, 2.24) is 5.32 Å². The van der Waals surface area contributed by atoms with E-state index in [2.05, 4.69) is 16.8 Å². The number of amides is 1. The lowest BCUT2D eigenvalue weighted by Gasteiger charge is -2.26. The van der Waals surface area contributed by atoms with Gasteiger partial charge in [-0.05, 0) is 57.0 Å². The van der Waals surface area contributed by atoms with Crippen molar-refractivity contribution in [2.75, 3.05) is 0 Å². The summed E-state index contributed by atoms with van der Waals surface area (Å²) in [6, 6.07) is 2.37. The zero-order chi connectivity index (χ0) is 12.5. The van der Waals surface area contributed by atoms with Crippen LogP contribution in [-0.4, -0.2) is 17.7 Å². The molecule has 17 heavy (non-hydrogen) atoms. The average Bonchev–Trinajstić information content (AvgIpc) is 2.61. The number of aryl methyl sites for hydroxylation is 1. The van der Waals surface area contributed by atoms with Crippen LogP contribution < -0.4 is 5.32 Å². The van der Waals surface area contributed by atoms with Crippen molar-refractivity contribution in [3.05, 3.63) is 21.9 Å². The summed E-state index contributed by atoms with van der Waals surface area (Å²) >= 11 is 1.81. The van der Waals surface area contributed by atoms with Gasteiger partial charge in [-0.15, -0.1) is 11.3 Å². The van der Waals surface area contributed by atoms with Gasteiger partial charge < -0.3 is 10.1 Å². The Morgan fingerprint density at radius 1 is 1.53 bits per heavy atom. The fraction of sp³-hybridized carbons (Fsp3) is 0.615. The largest absolute Gasteiger partial charge is 0.444 e. The third-order valence-electron chi connectivity index (χ3n) is 2.74. The molecule has 0 aromatic carbocycles. The second-order valence-electron chi connectivity index (χ2n) is 5.45. The lowest BCUT2D eigenvalue weighted by atomic mass is 9.95. The first-order valence-electron chi connectivity index (χ1n) is 5.99. The van der Waals surface area contributed by atoms with Crippen LogP contribution in [0.5, 0.6) is 0 Å². The van der Waals surface area contributed by atoms with Gasteiger partial charge in [0.05, 0.1) is 0 Å². The molecule has 0 spiro atoms. The van der Waals surface area contributed by atoms with Gasteiger partial charge in [0.1, 0.15) is 5.60 Å². The highest BCUT2D eigenvalue weighted by Crippen LogP contribution is 2.26. The standard InChI is InChI=1S/C13H19NO2S/c1-13(2,3)16-12(15)14-10-4-5-11-9(8-10)6-7-17-11/h6-7,10H,4-5,8H2,1-3H3,(H,14,15). The van der Waals surface area contributed by atoms with Crippen LogP contribution in [0.25, 0.3) is 0 Å². The Hall–Kier alpha value is -1.03. The molecule has 1 aliphatic rings. The Morgan fingerprint density at radius 2 is 2.29 bits per heavy atom. The lowest BCUT2D eigenvalue weighted by Crippen LogP contribution is -2.41. The van der Waals surface area contributed by atoms with Crippen LogP contribution in [0.4, 0.5) is 4.79 Å². The molecule has 1 aromatic rings. The summed E-state index contributed by atoms with van der Waals surface area (Å²) in [5.41, 5.74) is 0.953. The fourth-order valence-corrected chi connectivity index (χ4v) is 2.97. The maximum atomic E-state index is 11.6. The number of rotatable bonds is 1. The topological polar surface area (TPSA) is 38.3 Å². The van der Waals surface area contributed by atoms with E-state index >= 15 is 0 Å². The van der Waals surface area contributed by atoms with Crippen LogP contribution >= 0.6 is 11.3 Å². The molecule has 0 saturated carbocycles. The van der Waals surface area contributed by atoms with E-state index in [1.54, 1.807) is 0 Å². The van der Waals surface area contributed by atoms with Crippen LogP contribution in [0.15, 0.2) is 11.4 Å². The highest BCUT2D eigenvalue weighted by molar-refractivity contribution is 7.10. The van der Waals surface area contributed by atoms with Gasteiger partial charge in [-0.25, -0.2) is 4.79 Å². The normalized spacial score (nSPS) is 19.6. The Morgan fingerprint density at radius 3 is 3.00 bits per heavy atom. The van der Waals surface area contributed by atoms with E-state index in [1.165, 1.54) is 10.4 Å². The first-order chi connectivity index (χ1) is 7.94. The molecule has 2 rings (SSSR count). The van der Waals surface area contributed by atoms with Gasteiger partial charge in [-0.2, -0.15) is 0 Å². The van der Waals surface area contributed by atoms with Crippen molar-refractivity contribution in [3.8, 4) is 0 Å². The van der Waals surface area contributed by atoms with Crippen molar-refractivity contribution < 1.29 is 9.53 Å². The summed E-state index contributed by atoms with van der Waals surface area (Å²) in [5.74, 6) is 0. The monoisotopic (exact) mass is 253 g/mol. The Bertz CT molecular complexity index is 406. The van der Waals surface area contributed by atoms with Gasteiger partial charge in [0, 0.05) is 10.9 Å². The van der Waals surface area contributed by atoms with Gasteiger partial charge in [0.25, 0.3) is 0 Å². The van der Waals surface area contributed by atoms with Crippen molar-refractivity contribution in [3.63, 3.8) is 0 Å². The summed E-state index contributed by atoms with van der Waals surface area (Å²) < 4.78 is 5.26. The number of carbonyl (C=O) groups is 1. The number of alkyl carbamates (subject to hydrolysis) is 1. The molecular weight excluding hydrogens is 234 g/mol. The SMILES string of the molecule is CC(C)(C)OC(=O)NC1CCc2sccc2C1. The van der Waals surface area contributed by atoms with Crippen molar-refractivity contribution >= 4 is 17.4 Å². The van der Waals surface area contributed by atoms with E-state index in [9.17, 15) is 4.79 Å². The summed E-state index contributed by atoms with van der Waals surface area (Å²) in [5, 5.41) is 5.08. The number of hydrogen-bond donors (Lipinski definition) is 1. The van der Waals surface area contributed by atoms with Gasteiger partial charge in [0.2, 0.25) is 0 Å². The highest BCUT2D eigenvalue weighted by atomic mass is 32.1. The minimum absolute atomic E-state index is 0.215. The predicted molar refractivity (Wildman–Crippen MR) is 69.5 cm³/mol. The van der Waals surface area contributed by atoms with Crippen LogP contribution in [-0.2, 0) is 17.6 Å². The quantitative estimate of drug-likeness (QED) is 0.835. The van der Waals surface area contributed by atoms with E-state index < -0.39 is 5.60 Å². The van der Waals surface area contributed by atoms with Crippen LogP contribution in [0.1, 0.15) is 37.6 Å². The van der Waals surface area contributed by atoms with E-state index in [0.29, 0.717) is 0 Å².